The summed E-state index contributed by atoms with van der Waals surface area (Å²) < 4.78 is 0. The molecular weight excluding hydrogens is 170 g/mol. The van der Waals surface area contributed by atoms with Crippen LogP contribution in [0.2, 0.25) is 0 Å². The smallest absolute Gasteiger partial charge is 0.237 e. The molecule has 1 atom stereocenters. The summed E-state index contributed by atoms with van der Waals surface area (Å²) in [6.45, 7) is 3.94. The zero-order valence-electron chi connectivity index (χ0n) is 8.04. The maximum atomic E-state index is 11.1. The first-order valence-corrected chi connectivity index (χ1v) is 4.26. The van der Waals surface area contributed by atoms with Crippen molar-refractivity contribution in [3.8, 4) is 0 Å². The van der Waals surface area contributed by atoms with Crippen LogP contribution in [0.25, 0.3) is 0 Å². The highest BCUT2D eigenvalue weighted by Gasteiger charge is 2.20. The zero-order valence-corrected chi connectivity index (χ0v) is 8.04. The predicted octanol–water partition coefficient (Wildman–Crippen LogP) is -0.486. The SMILES string of the molecule is CC(C)CC(CC(N)=O)C(=O)NN. The fourth-order valence-electron chi connectivity index (χ4n) is 1.21. The Morgan fingerprint density at radius 2 is 1.92 bits per heavy atom. The number of rotatable bonds is 5. The molecule has 76 valence electrons. The van der Waals surface area contributed by atoms with Gasteiger partial charge in [0.15, 0.2) is 0 Å². The lowest BCUT2D eigenvalue weighted by Gasteiger charge is -2.15. The Balaban J connectivity index is 4.18. The number of carbonyl (C=O) groups excluding carboxylic acids is 2. The molecule has 5 heteroatoms. The van der Waals surface area contributed by atoms with Gasteiger partial charge >= 0.3 is 0 Å². The molecule has 0 heterocycles. The van der Waals surface area contributed by atoms with Crippen molar-refractivity contribution in [1.82, 2.24) is 5.43 Å². The summed E-state index contributed by atoms with van der Waals surface area (Å²) in [6, 6.07) is 0. The van der Waals surface area contributed by atoms with Gasteiger partial charge in [-0.1, -0.05) is 13.8 Å². The molecule has 0 aromatic rings. The van der Waals surface area contributed by atoms with E-state index in [1.54, 1.807) is 0 Å². The molecule has 0 aromatic carbocycles. The fourth-order valence-corrected chi connectivity index (χ4v) is 1.21. The first kappa shape index (κ1) is 11.9. The van der Waals surface area contributed by atoms with Crippen LogP contribution in [-0.2, 0) is 9.59 Å². The Hall–Kier alpha value is -1.10. The number of hydrogen-bond donors (Lipinski definition) is 3. The van der Waals surface area contributed by atoms with Crippen molar-refractivity contribution in [2.75, 3.05) is 0 Å². The monoisotopic (exact) mass is 187 g/mol. The van der Waals surface area contributed by atoms with E-state index in [0.717, 1.165) is 0 Å². The van der Waals surface area contributed by atoms with E-state index in [4.69, 9.17) is 11.6 Å². The molecule has 0 aromatic heterocycles. The average Bonchev–Trinajstić information content (AvgIpc) is 2.00. The predicted molar refractivity (Wildman–Crippen MR) is 49.1 cm³/mol. The van der Waals surface area contributed by atoms with Gasteiger partial charge in [-0.3, -0.25) is 15.0 Å². The summed E-state index contributed by atoms with van der Waals surface area (Å²) in [6.07, 6.45) is 0.674. The molecule has 1 unspecified atom stereocenters. The third kappa shape index (κ3) is 5.19. The number of primary amides is 1. The van der Waals surface area contributed by atoms with Crippen molar-refractivity contribution >= 4 is 11.8 Å². The number of nitrogens with two attached hydrogens (primary N) is 2. The van der Waals surface area contributed by atoms with E-state index in [2.05, 4.69) is 0 Å². The Labute approximate surface area is 77.8 Å². The highest BCUT2D eigenvalue weighted by atomic mass is 16.2. The topological polar surface area (TPSA) is 98.2 Å². The summed E-state index contributed by atoms with van der Waals surface area (Å²) in [5.74, 6) is 4.10. The summed E-state index contributed by atoms with van der Waals surface area (Å²) in [5.41, 5.74) is 7.03. The molecule has 0 aliphatic heterocycles. The van der Waals surface area contributed by atoms with Crippen LogP contribution in [0.15, 0.2) is 0 Å². The molecule has 0 spiro atoms. The van der Waals surface area contributed by atoms with E-state index >= 15 is 0 Å². The van der Waals surface area contributed by atoms with E-state index in [9.17, 15) is 9.59 Å². The number of amides is 2. The standard InChI is InChI=1S/C8H17N3O2/c1-5(2)3-6(4-7(9)12)8(13)11-10/h5-6H,3-4,10H2,1-2H3,(H2,9,12)(H,11,13). The van der Waals surface area contributed by atoms with E-state index in [-0.39, 0.29) is 12.3 Å². The van der Waals surface area contributed by atoms with Gasteiger partial charge in [0.2, 0.25) is 11.8 Å². The van der Waals surface area contributed by atoms with Gasteiger partial charge < -0.3 is 5.73 Å². The number of nitrogens with one attached hydrogen (secondary N) is 1. The van der Waals surface area contributed by atoms with Gasteiger partial charge in [-0.15, -0.1) is 0 Å². The van der Waals surface area contributed by atoms with Crippen LogP contribution in [0.4, 0.5) is 0 Å². The minimum atomic E-state index is -0.478. The molecule has 0 rings (SSSR count). The second-order valence-corrected chi connectivity index (χ2v) is 3.51. The van der Waals surface area contributed by atoms with Crippen molar-refractivity contribution < 1.29 is 9.59 Å². The summed E-state index contributed by atoms with van der Waals surface area (Å²) in [7, 11) is 0. The molecule has 0 fully saturated rings. The molecule has 5 nitrogen and oxygen atoms in total. The molecular formula is C8H17N3O2. The third-order valence-corrected chi connectivity index (χ3v) is 1.72. The van der Waals surface area contributed by atoms with Crippen LogP contribution in [0, 0.1) is 11.8 Å². The molecule has 0 aliphatic carbocycles. The molecule has 2 amide bonds. The highest BCUT2D eigenvalue weighted by molar-refractivity contribution is 5.84. The van der Waals surface area contributed by atoms with Crippen LogP contribution >= 0.6 is 0 Å². The van der Waals surface area contributed by atoms with Crippen LogP contribution in [-0.4, -0.2) is 11.8 Å². The maximum Gasteiger partial charge on any atom is 0.237 e. The minimum Gasteiger partial charge on any atom is -0.370 e. The van der Waals surface area contributed by atoms with E-state index in [1.807, 2.05) is 19.3 Å². The third-order valence-electron chi connectivity index (χ3n) is 1.72. The molecule has 0 bridgehead atoms. The van der Waals surface area contributed by atoms with Gasteiger partial charge in [0.25, 0.3) is 0 Å². The van der Waals surface area contributed by atoms with Crippen molar-refractivity contribution in [1.29, 1.82) is 0 Å². The minimum absolute atomic E-state index is 0.0568. The molecule has 0 saturated carbocycles. The van der Waals surface area contributed by atoms with Crippen molar-refractivity contribution in [2.45, 2.75) is 26.7 Å². The van der Waals surface area contributed by atoms with E-state index in [1.165, 1.54) is 0 Å². The number of hydrogen-bond acceptors (Lipinski definition) is 3. The lowest BCUT2D eigenvalue weighted by molar-refractivity contribution is -0.129. The Bertz CT molecular complexity index is 192. The van der Waals surface area contributed by atoms with E-state index in [0.29, 0.717) is 12.3 Å². The Kier molecular flexibility index (Phi) is 5.06. The van der Waals surface area contributed by atoms with Gasteiger partial charge in [-0.2, -0.15) is 0 Å². The summed E-state index contributed by atoms with van der Waals surface area (Å²) in [4.78, 5) is 21.8. The van der Waals surface area contributed by atoms with Gasteiger partial charge in [-0.05, 0) is 12.3 Å². The van der Waals surface area contributed by atoms with Gasteiger partial charge in [0.1, 0.15) is 0 Å². The van der Waals surface area contributed by atoms with E-state index < -0.39 is 11.8 Å². The van der Waals surface area contributed by atoms with Gasteiger partial charge in [0.05, 0.1) is 0 Å². The molecule has 0 saturated heterocycles. The first-order valence-electron chi connectivity index (χ1n) is 4.26. The normalized spacial score (nSPS) is 12.6. The second kappa shape index (κ2) is 5.53. The van der Waals surface area contributed by atoms with Crippen LogP contribution < -0.4 is 17.0 Å². The number of hydrazine groups is 1. The molecule has 5 N–H and O–H groups in total. The average molecular weight is 187 g/mol. The number of carbonyl (C=O) groups is 2. The molecule has 0 radical (unpaired) electrons. The lowest BCUT2D eigenvalue weighted by atomic mass is 9.93. The highest BCUT2D eigenvalue weighted by Crippen LogP contribution is 2.14. The van der Waals surface area contributed by atoms with Crippen molar-refractivity contribution in [3.63, 3.8) is 0 Å². The fraction of sp³-hybridized carbons (Fsp3) is 0.750. The summed E-state index contributed by atoms with van der Waals surface area (Å²) >= 11 is 0. The molecule has 13 heavy (non-hydrogen) atoms. The molecule has 0 aliphatic rings. The first-order chi connectivity index (χ1) is 5.97. The second-order valence-electron chi connectivity index (χ2n) is 3.51. The van der Waals surface area contributed by atoms with Gasteiger partial charge in [0, 0.05) is 12.3 Å². The Morgan fingerprint density at radius 3 is 2.23 bits per heavy atom. The zero-order chi connectivity index (χ0) is 10.4. The Morgan fingerprint density at radius 1 is 1.38 bits per heavy atom. The largest absolute Gasteiger partial charge is 0.370 e. The maximum absolute atomic E-state index is 11.1. The van der Waals surface area contributed by atoms with Gasteiger partial charge in [-0.25, -0.2) is 5.84 Å². The van der Waals surface area contributed by atoms with Crippen LogP contribution in [0.1, 0.15) is 26.7 Å². The van der Waals surface area contributed by atoms with Crippen LogP contribution in [0.5, 0.6) is 0 Å². The van der Waals surface area contributed by atoms with Crippen LogP contribution in [0.3, 0.4) is 0 Å². The van der Waals surface area contributed by atoms with Crippen molar-refractivity contribution in [2.24, 2.45) is 23.4 Å². The summed E-state index contributed by atoms with van der Waals surface area (Å²) in [5, 5.41) is 0. The quantitative estimate of drug-likeness (QED) is 0.308. The lowest BCUT2D eigenvalue weighted by Crippen LogP contribution is -2.38. The van der Waals surface area contributed by atoms with Crippen molar-refractivity contribution in [3.05, 3.63) is 0 Å².